The average molecular weight is 470 g/mol. The zero-order valence-electron chi connectivity index (χ0n) is 20.7. The molecule has 0 unspecified atom stereocenters. The van der Waals surface area contributed by atoms with E-state index in [0.717, 1.165) is 42.0 Å². The van der Waals surface area contributed by atoms with Crippen LogP contribution in [0.15, 0.2) is 91.3 Å². The molecule has 1 aliphatic rings. The van der Waals surface area contributed by atoms with Crippen molar-refractivity contribution in [2.75, 3.05) is 7.11 Å². The van der Waals surface area contributed by atoms with Gasteiger partial charge in [0.25, 0.3) is 0 Å². The molecule has 5 aromatic rings. The summed E-state index contributed by atoms with van der Waals surface area (Å²) in [4.78, 5) is 4.90. The number of hydrogen-bond donors (Lipinski definition) is 0. The third-order valence-corrected chi connectivity index (χ3v) is 7.18. The van der Waals surface area contributed by atoms with Crippen molar-refractivity contribution in [3.05, 3.63) is 114 Å². The van der Waals surface area contributed by atoms with Crippen LogP contribution in [-0.2, 0) is 19.4 Å². The van der Waals surface area contributed by atoms with Crippen molar-refractivity contribution >= 4 is 22.9 Å². The van der Waals surface area contributed by atoms with Crippen LogP contribution in [0.4, 0.5) is 0 Å². The zero-order valence-corrected chi connectivity index (χ0v) is 20.7. The highest BCUT2D eigenvalue weighted by molar-refractivity contribution is 5.98. The summed E-state index contributed by atoms with van der Waals surface area (Å²) in [5.74, 6) is 0.866. The van der Waals surface area contributed by atoms with E-state index < -0.39 is 0 Å². The molecule has 3 aromatic carbocycles. The van der Waals surface area contributed by atoms with E-state index in [4.69, 9.17) is 9.72 Å². The van der Waals surface area contributed by atoms with Crippen molar-refractivity contribution in [2.24, 2.45) is 0 Å². The van der Waals surface area contributed by atoms with Crippen molar-refractivity contribution in [2.45, 2.75) is 26.3 Å². The third kappa shape index (κ3) is 3.97. The Morgan fingerprint density at radius 1 is 0.889 bits per heavy atom. The fourth-order valence-electron chi connectivity index (χ4n) is 5.31. The monoisotopic (exact) mass is 469 g/mol. The van der Waals surface area contributed by atoms with Gasteiger partial charge in [0.05, 0.1) is 23.8 Å². The molecule has 0 saturated heterocycles. The lowest BCUT2D eigenvalue weighted by Gasteiger charge is -2.22. The van der Waals surface area contributed by atoms with Crippen molar-refractivity contribution < 1.29 is 9.30 Å². The minimum absolute atomic E-state index is 0.866. The van der Waals surface area contributed by atoms with Crippen LogP contribution in [0, 0.1) is 0 Å². The molecule has 0 radical (unpaired) electrons. The first kappa shape index (κ1) is 22.2. The van der Waals surface area contributed by atoms with Crippen LogP contribution < -0.4 is 9.30 Å². The smallest absolute Gasteiger partial charge is 0.221 e. The number of aromatic nitrogens is 2. The molecular formula is C33H29N2O+. The van der Waals surface area contributed by atoms with E-state index in [2.05, 4.69) is 96.6 Å². The molecule has 6 rings (SSSR count). The van der Waals surface area contributed by atoms with Crippen LogP contribution >= 0.6 is 0 Å². The van der Waals surface area contributed by atoms with Gasteiger partial charge in [-0.15, -0.1) is 0 Å². The molecule has 3 heteroatoms. The SMILES string of the molecule is CCc1ccc2c(c1-c1cc(/C=C/c3ccc(OC)cc3)ccn1)-c1c3ccccc3cc[n+]1CC2. The number of rotatable bonds is 5. The number of nitrogens with zero attached hydrogens (tertiary/aromatic N) is 2. The van der Waals surface area contributed by atoms with Gasteiger partial charge in [0.1, 0.15) is 5.75 Å². The molecule has 176 valence electrons. The Bertz CT molecular complexity index is 1600. The van der Waals surface area contributed by atoms with Gasteiger partial charge < -0.3 is 4.74 Å². The number of pyridine rings is 2. The van der Waals surface area contributed by atoms with Crippen LogP contribution in [0.2, 0.25) is 0 Å². The van der Waals surface area contributed by atoms with Gasteiger partial charge in [-0.1, -0.05) is 61.5 Å². The number of hydrogen-bond acceptors (Lipinski definition) is 2. The summed E-state index contributed by atoms with van der Waals surface area (Å²) in [5.41, 5.74) is 9.94. The standard InChI is InChI=1S/C33H29N2O/c1-3-25-12-13-27-18-21-35-20-17-26-6-4-5-7-29(26)33(35)32(27)31(25)30-22-24(16-19-34-30)9-8-23-10-14-28(36-2)15-11-23/h4-17,19-20,22H,3,18,21H2,1-2H3/q+1/b9-8+. The van der Waals surface area contributed by atoms with E-state index in [1.807, 2.05) is 18.3 Å². The molecule has 0 amide bonds. The molecule has 0 atom stereocenters. The summed E-state index contributed by atoms with van der Waals surface area (Å²) in [6, 6.07) is 28.0. The minimum atomic E-state index is 0.866. The summed E-state index contributed by atoms with van der Waals surface area (Å²) < 4.78 is 7.70. The van der Waals surface area contributed by atoms with Gasteiger partial charge in [-0.05, 0) is 64.4 Å². The highest BCUT2D eigenvalue weighted by atomic mass is 16.5. The van der Waals surface area contributed by atoms with Crippen molar-refractivity contribution in [3.63, 3.8) is 0 Å². The van der Waals surface area contributed by atoms with E-state index in [0.29, 0.717) is 0 Å². The summed E-state index contributed by atoms with van der Waals surface area (Å²) in [5, 5.41) is 2.57. The van der Waals surface area contributed by atoms with E-state index in [9.17, 15) is 0 Å². The van der Waals surface area contributed by atoms with Crippen LogP contribution in [0.25, 0.3) is 45.4 Å². The first-order valence-corrected chi connectivity index (χ1v) is 12.6. The molecule has 3 nitrogen and oxygen atoms in total. The fraction of sp³-hybridized carbons (Fsp3) is 0.152. The van der Waals surface area contributed by atoms with Crippen LogP contribution in [0.1, 0.15) is 29.2 Å². The van der Waals surface area contributed by atoms with Crippen molar-refractivity contribution in [3.8, 4) is 28.3 Å². The van der Waals surface area contributed by atoms with Crippen molar-refractivity contribution in [1.29, 1.82) is 0 Å². The Hall–Kier alpha value is -4.24. The number of aryl methyl sites for hydroxylation is 3. The lowest BCUT2D eigenvalue weighted by atomic mass is 9.85. The summed E-state index contributed by atoms with van der Waals surface area (Å²) >= 11 is 0. The largest absolute Gasteiger partial charge is 0.497 e. The Labute approximate surface area is 212 Å². The van der Waals surface area contributed by atoms with Crippen LogP contribution in [0.5, 0.6) is 5.75 Å². The van der Waals surface area contributed by atoms with Gasteiger partial charge in [-0.25, -0.2) is 0 Å². The Morgan fingerprint density at radius 2 is 1.72 bits per heavy atom. The summed E-state index contributed by atoms with van der Waals surface area (Å²) in [6.07, 6.45) is 10.5. The summed E-state index contributed by atoms with van der Waals surface area (Å²) in [7, 11) is 1.69. The van der Waals surface area contributed by atoms with Gasteiger partial charge in [-0.2, -0.15) is 4.57 Å². The maximum absolute atomic E-state index is 5.28. The number of ether oxygens (including phenoxy) is 1. The Morgan fingerprint density at radius 3 is 2.56 bits per heavy atom. The zero-order chi connectivity index (χ0) is 24.5. The van der Waals surface area contributed by atoms with E-state index in [1.165, 1.54) is 38.7 Å². The molecule has 0 spiro atoms. The summed E-state index contributed by atoms with van der Waals surface area (Å²) in [6.45, 7) is 3.23. The highest BCUT2D eigenvalue weighted by Gasteiger charge is 2.29. The van der Waals surface area contributed by atoms with Gasteiger partial charge in [0, 0.05) is 24.2 Å². The Kier molecular flexibility index (Phi) is 5.82. The van der Waals surface area contributed by atoms with Gasteiger partial charge >= 0.3 is 0 Å². The van der Waals surface area contributed by atoms with Crippen molar-refractivity contribution in [1.82, 2.24) is 4.98 Å². The first-order chi connectivity index (χ1) is 17.7. The lowest BCUT2D eigenvalue weighted by molar-refractivity contribution is -0.686. The molecule has 0 N–H and O–H groups in total. The Balaban J connectivity index is 1.50. The molecule has 3 heterocycles. The molecule has 2 aromatic heterocycles. The number of benzene rings is 3. The maximum Gasteiger partial charge on any atom is 0.221 e. The molecule has 0 fully saturated rings. The molecule has 0 bridgehead atoms. The molecule has 36 heavy (non-hydrogen) atoms. The second-order valence-electron chi connectivity index (χ2n) is 9.26. The maximum atomic E-state index is 5.28. The predicted molar refractivity (Wildman–Crippen MR) is 148 cm³/mol. The first-order valence-electron chi connectivity index (χ1n) is 12.6. The van der Waals surface area contributed by atoms with Gasteiger partial charge in [-0.3, -0.25) is 4.98 Å². The van der Waals surface area contributed by atoms with Crippen LogP contribution in [0.3, 0.4) is 0 Å². The minimum Gasteiger partial charge on any atom is -0.497 e. The average Bonchev–Trinajstić information content (AvgIpc) is 2.95. The van der Waals surface area contributed by atoms with E-state index in [-0.39, 0.29) is 0 Å². The highest BCUT2D eigenvalue weighted by Crippen LogP contribution is 2.40. The topological polar surface area (TPSA) is 26.0 Å². The van der Waals surface area contributed by atoms with E-state index in [1.54, 1.807) is 7.11 Å². The van der Waals surface area contributed by atoms with E-state index >= 15 is 0 Å². The molecular weight excluding hydrogens is 440 g/mol. The lowest BCUT2D eigenvalue weighted by Crippen LogP contribution is -2.40. The second kappa shape index (κ2) is 9.43. The molecule has 1 aliphatic heterocycles. The fourth-order valence-corrected chi connectivity index (χ4v) is 5.31. The predicted octanol–water partition coefficient (Wildman–Crippen LogP) is 7.15. The quantitative estimate of drug-likeness (QED) is 0.255. The van der Waals surface area contributed by atoms with Gasteiger partial charge in [0.15, 0.2) is 12.7 Å². The number of fused-ring (bicyclic) bond motifs is 5. The number of methoxy groups -OCH3 is 1. The second-order valence-corrected chi connectivity index (χ2v) is 9.26. The van der Waals surface area contributed by atoms with Crippen LogP contribution in [-0.4, -0.2) is 12.1 Å². The molecule has 0 saturated carbocycles. The molecule has 0 aliphatic carbocycles. The van der Waals surface area contributed by atoms with Gasteiger partial charge in [0.2, 0.25) is 5.69 Å². The third-order valence-electron chi connectivity index (χ3n) is 7.18. The normalized spacial score (nSPS) is 12.5.